The van der Waals surface area contributed by atoms with E-state index in [-0.39, 0.29) is 0 Å². The Hall–Kier alpha value is -11.2. The minimum Gasteiger partial charge on any atom is -0.381 e. The molecule has 0 unspecified atom stereocenters. The second-order valence-electron chi connectivity index (χ2n) is 21.5. The number of rotatable bonds is 9. The first-order valence-corrected chi connectivity index (χ1v) is 28.5. The highest BCUT2D eigenvalue weighted by atomic mass is 14.9. The Morgan fingerprint density at radius 3 is 1.10 bits per heavy atom. The van der Waals surface area contributed by atoms with Crippen molar-refractivity contribution >= 4 is 65.6 Å². The number of nitrogens with zero attached hydrogens (tertiary/aromatic N) is 5. The zero-order valence-corrected chi connectivity index (χ0v) is 45.6. The molecule has 1 aliphatic rings. The molecule has 6 heteroatoms. The topological polar surface area (TPSA) is 76.5 Å². The Bertz CT molecular complexity index is 5110. The predicted molar refractivity (Wildman–Crippen MR) is 347 cm³/mol. The van der Waals surface area contributed by atoms with Gasteiger partial charge in [0.05, 0.1) is 28.5 Å². The maximum atomic E-state index is 5.44. The van der Waals surface area contributed by atoms with Crippen LogP contribution in [0.25, 0.3) is 156 Å². The van der Waals surface area contributed by atoms with Crippen LogP contribution in [0.5, 0.6) is 0 Å². The van der Waals surface area contributed by atoms with Crippen molar-refractivity contribution in [3.63, 3.8) is 0 Å². The minimum atomic E-state index is 0.678. The fourth-order valence-corrected chi connectivity index (χ4v) is 12.4. The third-order valence-electron chi connectivity index (χ3n) is 16.6. The number of fused-ring (bicyclic) bond motifs is 6. The van der Waals surface area contributed by atoms with Crippen molar-refractivity contribution in [1.29, 1.82) is 0 Å². The molecule has 0 saturated carbocycles. The van der Waals surface area contributed by atoms with Crippen LogP contribution in [0.3, 0.4) is 0 Å². The highest BCUT2D eigenvalue weighted by Gasteiger charge is 2.20. The van der Waals surface area contributed by atoms with Gasteiger partial charge in [0.15, 0.2) is 11.6 Å². The number of aromatic nitrogens is 5. The van der Waals surface area contributed by atoms with E-state index in [4.69, 9.17) is 24.9 Å². The second kappa shape index (κ2) is 20.4. The van der Waals surface area contributed by atoms with Crippen molar-refractivity contribution < 1.29 is 0 Å². The lowest BCUT2D eigenvalue weighted by Crippen LogP contribution is -2.37. The molecule has 6 nitrogen and oxygen atoms in total. The fourth-order valence-electron chi connectivity index (χ4n) is 12.4. The number of hydrogen-bond acceptors (Lipinski definition) is 6. The van der Waals surface area contributed by atoms with Crippen LogP contribution < -0.4 is 15.8 Å². The molecule has 4 heterocycles. The Balaban J connectivity index is 0.775. The van der Waals surface area contributed by atoms with Gasteiger partial charge in [0, 0.05) is 68.0 Å². The summed E-state index contributed by atoms with van der Waals surface area (Å²) in [5.74, 6) is 1.37. The number of benzene rings is 12. The molecule has 12 aromatic carbocycles. The summed E-state index contributed by atoms with van der Waals surface area (Å²) in [6, 6.07) is 96.9. The molecule has 0 amide bonds. The zero-order chi connectivity index (χ0) is 55.5. The third kappa shape index (κ3) is 8.73. The van der Waals surface area contributed by atoms with Gasteiger partial charge in [-0.3, -0.25) is 4.98 Å². The quantitative estimate of drug-likeness (QED) is 0.145. The molecule has 1 aliphatic heterocycles. The van der Waals surface area contributed by atoms with Crippen molar-refractivity contribution in [2.24, 2.45) is 0 Å². The Kier molecular flexibility index (Phi) is 11.8. The van der Waals surface area contributed by atoms with Gasteiger partial charge in [0.2, 0.25) is 0 Å². The number of hydrogen-bond donors (Lipinski definition) is 1. The van der Waals surface area contributed by atoms with Gasteiger partial charge in [-0.05, 0) is 101 Å². The number of nitrogens with one attached hydrogen (secondary N) is 1. The molecule has 15 aromatic rings. The Morgan fingerprint density at radius 2 is 0.643 bits per heavy atom. The maximum Gasteiger partial charge on any atom is 0.161 e. The first-order valence-electron chi connectivity index (χ1n) is 28.5. The van der Waals surface area contributed by atoms with Crippen molar-refractivity contribution in [2.75, 3.05) is 6.54 Å². The monoisotopic (exact) mass is 1070 g/mol. The van der Waals surface area contributed by atoms with E-state index in [1.807, 2.05) is 6.20 Å². The van der Waals surface area contributed by atoms with Crippen molar-refractivity contribution in [2.45, 2.75) is 0 Å². The molecule has 0 atom stereocenters. The van der Waals surface area contributed by atoms with E-state index in [0.717, 1.165) is 150 Å². The molecular weight excluding hydrogens is 1020 g/mol. The van der Waals surface area contributed by atoms with Crippen LogP contribution in [0.2, 0.25) is 0 Å². The van der Waals surface area contributed by atoms with Crippen LogP contribution in [0.1, 0.15) is 5.56 Å². The minimum absolute atomic E-state index is 0.678. The van der Waals surface area contributed by atoms with E-state index < -0.39 is 0 Å². The third-order valence-corrected chi connectivity index (χ3v) is 16.6. The van der Waals surface area contributed by atoms with Crippen LogP contribution in [0.15, 0.2) is 279 Å². The van der Waals surface area contributed by atoms with Crippen molar-refractivity contribution in [1.82, 2.24) is 30.2 Å². The van der Waals surface area contributed by atoms with Gasteiger partial charge in [-0.15, -0.1) is 0 Å². The fraction of sp³-hybridized carbons (Fsp3) is 0.0128. The van der Waals surface area contributed by atoms with E-state index >= 15 is 0 Å². The van der Waals surface area contributed by atoms with Gasteiger partial charge < -0.3 is 5.32 Å². The predicted octanol–water partition coefficient (Wildman–Crippen LogP) is 17.3. The smallest absolute Gasteiger partial charge is 0.161 e. The lowest BCUT2D eigenvalue weighted by molar-refractivity contribution is 1.01. The molecule has 3 aromatic heterocycles. The van der Waals surface area contributed by atoms with E-state index in [9.17, 15) is 0 Å². The van der Waals surface area contributed by atoms with Crippen LogP contribution in [0, 0.1) is 0 Å². The molecule has 0 spiro atoms. The van der Waals surface area contributed by atoms with E-state index in [0.29, 0.717) is 11.6 Å². The molecule has 0 bridgehead atoms. The van der Waals surface area contributed by atoms with Gasteiger partial charge in [0.1, 0.15) is 0 Å². The Labute approximate surface area is 485 Å². The molecule has 392 valence electrons. The van der Waals surface area contributed by atoms with Crippen LogP contribution in [-0.4, -0.2) is 31.5 Å². The van der Waals surface area contributed by atoms with Gasteiger partial charge in [-0.2, -0.15) is 0 Å². The van der Waals surface area contributed by atoms with E-state index in [1.165, 1.54) is 10.4 Å². The lowest BCUT2D eigenvalue weighted by atomic mass is 9.95. The summed E-state index contributed by atoms with van der Waals surface area (Å²) in [6.07, 6.45) is 4.13. The van der Waals surface area contributed by atoms with Gasteiger partial charge in [0.25, 0.3) is 0 Å². The summed E-state index contributed by atoms with van der Waals surface area (Å²) in [6.45, 7) is 0.787. The molecule has 1 N–H and O–H groups in total. The van der Waals surface area contributed by atoms with Crippen molar-refractivity contribution in [3.05, 3.63) is 295 Å². The average Bonchev–Trinajstić information content (AvgIpc) is 3.67. The summed E-state index contributed by atoms with van der Waals surface area (Å²) in [5, 5.41) is 17.4. The molecule has 0 fully saturated rings. The highest BCUT2D eigenvalue weighted by molar-refractivity contribution is 6.13. The van der Waals surface area contributed by atoms with Crippen molar-refractivity contribution in [3.8, 4) is 90.2 Å². The summed E-state index contributed by atoms with van der Waals surface area (Å²) in [7, 11) is 0. The van der Waals surface area contributed by atoms with Gasteiger partial charge in [-0.1, -0.05) is 249 Å². The molecule has 0 radical (unpaired) electrons. The van der Waals surface area contributed by atoms with Crippen LogP contribution in [0.4, 0.5) is 0 Å². The second-order valence-corrected chi connectivity index (χ2v) is 21.5. The first kappa shape index (κ1) is 48.7. The summed E-state index contributed by atoms with van der Waals surface area (Å²) in [4.78, 5) is 26.5. The molecule has 16 rings (SSSR count). The zero-order valence-electron chi connectivity index (χ0n) is 45.6. The van der Waals surface area contributed by atoms with Gasteiger partial charge in [-0.25, -0.2) is 19.9 Å². The average molecular weight is 1070 g/mol. The van der Waals surface area contributed by atoms with Crippen LogP contribution in [-0.2, 0) is 0 Å². The largest absolute Gasteiger partial charge is 0.381 e. The summed E-state index contributed by atoms with van der Waals surface area (Å²) >= 11 is 0. The van der Waals surface area contributed by atoms with Crippen LogP contribution >= 0.6 is 0 Å². The van der Waals surface area contributed by atoms with Gasteiger partial charge >= 0.3 is 0 Å². The first-order chi connectivity index (χ1) is 41.6. The number of pyridine rings is 1. The normalized spacial score (nSPS) is 12.2. The summed E-state index contributed by atoms with van der Waals surface area (Å²) in [5.41, 5.74) is 15.9. The SMILES string of the molecule is C1=c2ccccc2=C(c2ccc(-c3cc(-c4ccc(-c5ccc(-c6cc(-c7ccc(-c8nccc9ccccc89)cc7)nc(-c7c8ccccc8cc8ccccc78)n6)cc5)cc4)nc(-c4c5ccccc5cc5ccccc45)n3)cc2)NC1. The molecular formula is C78H50N6. The van der Waals surface area contributed by atoms with E-state index in [1.54, 1.807) is 0 Å². The lowest BCUT2D eigenvalue weighted by Gasteiger charge is -2.16. The molecule has 0 saturated heterocycles. The maximum absolute atomic E-state index is 5.44. The molecule has 0 aliphatic carbocycles. The molecule has 84 heavy (non-hydrogen) atoms. The van der Waals surface area contributed by atoms with E-state index in [2.05, 4.69) is 284 Å². The Morgan fingerprint density at radius 1 is 0.286 bits per heavy atom. The standard InChI is InChI=1S/C78H50N6/c1-11-23-67-51(13-1)41-43-79-75(67)57-37-33-55(34-38-57)71-47-69(81-77(83-71)73-63-19-7-3-15-59(63)45-60-16-4-8-20-64(60)73)53-29-25-49(26-30-53)50-27-31-54(32-28-50)70-48-72(56-35-39-58(40-36-56)76-68-24-12-2-14-52(68)42-44-80-76)84-78(82-70)74-65-21-9-5-17-61(65)46-62-18-6-10-22-66(62)74/h1-43,45-48,80H,44H2. The summed E-state index contributed by atoms with van der Waals surface area (Å²) < 4.78 is 0. The highest BCUT2D eigenvalue weighted by Crippen LogP contribution is 2.40.